The molecule has 1 fully saturated rings. The third-order valence-electron chi connectivity index (χ3n) is 5.76. The maximum atomic E-state index is 4.42. The standard InChI is InChI=1S/C26H42/c1-6-9-11-12-13-18-26-23(5)15-14-17-25(26)20-19-22(4)21-24(8-3)16-10-7-2/h7-8,10,16,19-20,22,25-26H,2,5-6,9,11-15,17-18,21H2,1,3-4H3/b16-10-,20-19+,24-8+. The molecule has 0 amide bonds. The Kier molecular flexibility index (Phi) is 12.1. The first-order valence-electron chi connectivity index (χ1n) is 10.9. The van der Waals surface area contributed by atoms with Crippen LogP contribution in [0.4, 0.5) is 0 Å². The summed E-state index contributed by atoms with van der Waals surface area (Å²) < 4.78 is 0. The van der Waals surface area contributed by atoms with E-state index in [1.165, 1.54) is 68.9 Å². The van der Waals surface area contributed by atoms with Crippen LogP contribution in [0.15, 0.2) is 60.8 Å². The van der Waals surface area contributed by atoms with Gasteiger partial charge in [-0.2, -0.15) is 0 Å². The summed E-state index contributed by atoms with van der Waals surface area (Å²) in [7, 11) is 0. The summed E-state index contributed by atoms with van der Waals surface area (Å²) in [5.74, 6) is 2.01. The Morgan fingerprint density at radius 1 is 1.23 bits per heavy atom. The Bertz CT molecular complexity index is 488. The van der Waals surface area contributed by atoms with Gasteiger partial charge in [-0.25, -0.2) is 0 Å². The maximum Gasteiger partial charge on any atom is -0.0143 e. The van der Waals surface area contributed by atoms with Gasteiger partial charge in [0.2, 0.25) is 0 Å². The molecule has 0 aliphatic heterocycles. The van der Waals surface area contributed by atoms with E-state index in [0.29, 0.717) is 11.8 Å². The highest BCUT2D eigenvalue weighted by Crippen LogP contribution is 2.38. The molecular formula is C26H42. The van der Waals surface area contributed by atoms with Crippen molar-refractivity contribution in [3.63, 3.8) is 0 Å². The molecule has 0 heterocycles. The summed E-state index contributed by atoms with van der Waals surface area (Å²) >= 11 is 0. The van der Waals surface area contributed by atoms with Crippen molar-refractivity contribution in [1.29, 1.82) is 0 Å². The van der Waals surface area contributed by atoms with E-state index in [9.17, 15) is 0 Å². The number of unbranched alkanes of at least 4 members (excludes halogenated alkanes) is 4. The fourth-order valence-electron chi connectivity index (χ4n) is 4.12. The molecule has 0 aromatic heterocycles. The zero-order valence-corrected chi connectivity index (χ0v) is 17.7. The molecule has 26 heavy (non-hydrogen) atoms. The second kappa shape index (κ2) is 13.8. The van der Waals surface area contributed by atoms with Gasteiger partial charge < -0.3 is 0 Å². The first-order chi connectivity index (χ1) is 12.6. The molecule has 0 radical (unpaired) electrons. The van der Waals surface area contributed by atoms with Crippen molar-refractivity contribution < 1.29 is 0 Å². The molecule has 0 heteroatoms. The average molecular weight is 355 g/mol. The second-order valence-electron chi connectivity index (χ2n) is 8.05. The molecular weight excluding hydrogens is 312 g/mol. The molecule has 0 bridgehead atoms. The Morgan fingerprint density at radius 3 is 2.69 bits per heavy atom. The van der Waals surface area contributed by atoms with Crippen LogP contribution in [-0.2, 0) is 0 Å². The summed E-state index contributed by atoms with van der Waals surface area (Å²) in [4.78, 5) is 0. The van der Waals surface area contributed by atoms with Crippen molar-refractivity contribution in [3.05, 3.63) is 60.8 Å². The van der Waals surface area contributed by atoms with E-state index < -0.39 is 0 Å². The molecule has 1 rings (SSSR count). The van der Waals surface area contributed by atoms with Gasteiger partial charge in [0.1, 0.15) is 0 Å². The molecule has 0 N–H and O–H groups in total. The van der Waals surface area contributed by atoms with Gasteiger partial charge in [0.25, 0.3) is 0 Å². The fraction of sp³-hybridized carbons (Fsp3) is 0.615. The minimum Gasteiger partial charge on any atom is -0.0996 e. The van der Waals surface area contributed by atoms with Crippen molar-refractivity contribution in [2.45, 2.75) is 85.0 Å². The van der Waals surface area contributed by atoms with E-state index >= 15 is 0 Å². The van der Waals surface area contributed by atoms with Crippen LogP contribution in [0.3, 0.4) is 0 Å². The van der Waals surface area contributed by atoms with Gasteiger partial charge >= 0.3 is 0 Å². The molecule has 0 aromatic rings. The predicted octanol–water partition coefficient (Wildman–Crippen LogP) is 8.59. The summed E-state index contributed by atoms with van der Waals surface area (Å²) in [5, 5.41) is 0. The van der Waals surface area contributed by atoms with Crippen molar-refractivity contribution in [2.75, 3.05) is 0 Å². The van der Waals surface area contributed by atoms with E-state index in [1.807, 2.05) is 12.2 Å². The van der Waals surface area contributed by atoms with Gasteiger partial charge in [-0.1, -0.05) is 107 Å². The molecule has 146 valence electrons. The van der Waals surface area contributed by atoms with Gasteiger partial charge in [-0.05, 0) is 56.8 Å². The quantitative estimate of drug-likeness (QED) is 0.187. The van der Waals surface area contributed by atoms with Crippen LogP contribution in [0.25, 0.3) is 0 Å². The van der Waals surface area contributed by atoms with Crippen LogP contribution in [0, 0.1) is 17.8 Å². The zero-order valence-electron chi connectivity index (χ0n) is 17.7. The summed E-state index contributed by atoms with van der Waals surface area (Å²) in [6, 6.07) is 0. The van der Waals surface area contributed by atoms with Gasteiger partial charge in [-0.3, -0.25) is 0 Å². The van der Waals surface area contributed by atoms with Crippen LogP contribution in [0.5, 0.6) is 0 Å². The molecule has 0 spiro atoms. The minimum atomic E-state index is 0.580. The summed E-state index contributed by atoms with van der Waals surface area (Å²) in [6.45, 7) is 14.9. The number of hydrogen-bond donors (Lipinski definition) is 0. The zero-order chi connectivity index (χ0) is 19.2. The highest BCUT2D eigenvalue weighted by atomic mass is 14.3. The molecule has 0 saturated heterocycles. The molecule has 1 aliphatic carbocycles. The highest BCUT2D eigenvalue weighted by Gasteiger charge is 2.25. The Hall–Kier alpha value is -1.30. The van der Waals surface area contributed by atoms with E-state index in [2.05, 4.69) is 58.2 Å². The first-order valence-corrected chi connectivity index (χ1v) is 10.9. The number of allylic oxidation sites excluding steroid dienone is 8. The van der Waals surface area contributed by atoms with Crippen molar-refractivity contribution in [3.8, 4) is 0 Å². The van der Waals surface area contributed by atoms with Crippen LogP contribution in [0.2, 0.25) is 0 Å². The van der Waals surface area contributed by atoms with Crippen molar-refractivity contribution in [2.24, 2.45) is 17.8 Å². The predicted molar refractivity (Wildman–Crippen MR) is 119 cm³/mol. The number of rotatable bonds is 12. The molecule has 3 atom stereocenters. The third kappa shape index (κ3) is 8.88. The first kappa shape index (κ1) is 22.7. The minimum absolute atomic E-state index is 0.580. The SMILES string of the molecule is C=C/C=C\C(=C/C)CC(C)/C=C/C1CCCC(=C)C1CCCCCCC. The molecule has 1 aliphatic rings. The van der Waals surface area contributed by atoms with Crippen LogP contribution in [0.1, 0.15) is 85.0 Å². The van der Waals surface area contributed by atoms with Crippen LogP contribution >= 0.6 is 0 Å². The Morgan fingerprint density at radius 2 is 2.00 bits per heavy atom. The smallest absolute Gasteiger partial charge is 0.0143 e. The monoisotopic (exact) mass is 354 g/mol. The normalized spacial score (nSPS) is 23.0. The van der Waals surface area contributed by atoms with E-state index in [4.69, 9.17) is 0 Å². The third-order valence-corrected chi connectivity index (χ3v) is 5.76. The molecule has 1 saturated carbocycles. The van der Waals surface area contributed by atoms with E-state index in [0.717, 1.165) is 12.3 Å². The molecule has 0 nitrogen and oxygen atoms in total. The lowest BCUT2D eigenvalue weighted by Crippen LogP contribution is -2.20. The lowest BCUT2D eigenvalue weighted by molar-refractivity contribution is 0.333. The topological polar surface area (TPSA) is 0 Å². The maximum absolute atomic E-state index is 4.42. The van der Waals surface area contributed by atoms with E-state index in [-0.39, 0.29) is 0 Å². The Labute approximate surface area is 163 Å². The van der Waals surface area contributed by atoms with Gasteiger partial charge in [0.05, 0.1) is 0 Å². The average Bonchev–Trinajstić information content (AvgIpc) is 2.64. The number of hydrogen-bond acceptors (Lipinski definition) is 0. The van der Waals surface area contributed by atoms with Crippen molar-refractivity contribution >= 4 is 0 Å². The van der Waals surface area contributed by atoms with Gasteiger partial charge in [0.15, 0.2) is 0 Å². The summed E-state index contributed by atoms with van der Waals surface area (Å²) in [6.07, 6.45) is 26.5. The van der Waals surface area contributed by atoms with Crippen LogP contribution < -0.4 is 0 Å². The summed E-state index contributed by atoms with van der Waals surface area (Å²) in [5.41, 5.74) is 2.90. The lowest BCUT2D eigenvalue weighted by atomic mass is 9.73. The van der Waals surface area contributed by atoms with Gasteiger partial charge in [0, 0.05) is 0 Å². The lowest BCUT2D eigenvalue weighted by Gasteiger charge is -2.32. The Balaban J connectivity index is 2.56. The van der Waals surface area contributed by atoms with Crippen molar-refractivity contribution in [1.82, 2.24) is 0 Å². The molecule has 3 unspecified atom stereocenters. The largest absolute Gasteiger partial charge is 0.0996 e. The van der Waals surface area contributed by atoms with Crippen LogP contribution in [-0.4, -0.2) is 0 Å². The highest BCUT2D eigenvalue weighted by molar-refractivity contribution is 5.22. The second-order valence-corrected chi connectivity index (χ2v) is 8.05. The molecule has 0 aromatic carbocycles. The fourth-order valence-corrected chi connectivity index (χ4v) is 4.12. The van der Waals surface area contributed by atoms with E-state index in [1.54, 1.807) is 0 Å². The van der Waals surface area contributed by atoms with Gasteiger partial charge in [-0.15, -0.1) is 0 Å².